The summed E-state index contributed by atoms with van der Waals surface area (Å²) in [5.41, 5.74) is 0.608. The Morgan fingerprint density at radius 2 is 1.96 bits per heavy atom. The molecule has 0 unspecified atom stereocenters. The van der Waals surface area contributed by atoms with E-state index in [0.29, 0.717) is 11.3 Å². The predicted molar refractivity (Wildman–Crippen MR) is 91.4 cm³/mol. The summed E-state index contributed by atoms with van der Waals surface area (Å²) in [4.78, 5) is 13.9. The largest absolute Gasteiger partial charge is 0.338 e. The van der Waals surface area contributed by atoms with Crippen molar-refractivity contribution in [3.05, 3.63) is 35.4 Å². The summed E-state index contributed by atoms with van der Waals surface area (Å²) in [5.74, 6) is 0.526. The average Bonchev–Trinajstić information content (AvgIpc) is 2.57. The van der Waals surface area contributed by atoms with Crippen LogP contribution in [-0.2, 0) is 4.79 Å². The van der Waals surface area contributed by atoms with Crippen LogP contribution in [0.2, 0.25) is 0 Å². The number of thioether (sulfide) groups is 1. The molecule has 0 heterocycles. The SMILES string of the molecule is C[C@@H](c1ccc(F)c(F)c1)N(C)C(=O)CSCC1CCCCC1. The fraction of sp³-hybridized carbons (Fsp3) is 0.611. The van der Waals surface area contributed by atoms with E-state index in [1.807, 2.05) is 6.92 Å². The lowest BCUT2D eigenvalue weighted by atomic mass is 9.91. The average molecular weight is 341 g/mol. The number of carbonyl (C=O) groups is 1. The Morgan fingerprint density at radius 1 is 1.26 bits per heavy atom. The summed E-state index contributed by atoms with van der Waals surface area (Å²) in [5, 5.41) is 0. The second-order valence-electron chi connectivity index (χ2n) is 6.37. The van der Waals surface area contributed by atoms with Crippen molar-refractivity contribution in [1.29, 1.82) is 0 Å². The van der Waals surface area contributed by atoms with Crippen LogP contribution in [0, 0.1) is 17.6 Å². The van der Waals surface area contributed by atoms with Crippen LogP contribution in [0.15, 0.2) is 18.2 Å². The highest BCUT2D eigenvalue weighted by Gasteiger charge is 2.20. The van der Waals surface area contributed by atoms with Crippen LogP contribution < -0.4 is 0 Å². The Morgan fingerprint density at radius 3 is 2.61 bits per heavy atom. The monoisotopic (exact) mass is 341 g/mol. The van der Waals surface area contributed by atoms with Crippen molar-refractivity contribution in [3.8, 4) is 0 Å². The van der Waals surface area contributed by atoms with Gasteiger partial charge in [0.25, 0.3) is 0 Å². The third-order valence-electron chi connectivity index (χ3n) is 4.70. The lowest BCUT2D eigenvalue weighted by molar-refractivity contribution is -0.128. The van der Waals surface area contributed by atoms with Gasteiger partial charge in [-0.1, -0.05) is 25.3 Å². The van der Waals surface area contributed by atoms with Crippen LogP contribution >= 0.6 is 11.8 Å². The van der Waals surface area contributed by atoms with Gasteiger partial charge in [-0.2, -0.15) is 11.8 Å². The molecule has 0 bridgehead atoms. The number of carbonyl (C=O) groups excluding carboxylic acids is 1. The number of halogens is 2. The normalized spacial score (nSPS) is 17.0. The molecular weight excluding hydrogens is 316 g/mol. The number of hydrogen-bond acceptors (Lipinski definition) is 2. The molecule has 0 radical (unpaired) electrons. The molecule has 0 spiro atoms. The first-order chi connectivity index (χ1) is 11.0. The Balaban J connectivity index is 1.81. The van der Waals surface area contributed by atoms with E-state index in [1.54, 1.807) is 23.7 Å². The third-order valence-corrected chi connectivity index (χ3v) is 5.86. The molecule has 0 saturated heterocycles. The summed E-state index contributed by atoms with van der Waals surface area (Å²) >= 11 is 1.69. The highest BCUT2D eigenvalue weighted by atomic mass is 32.2. The fourth-order valence-corrected chi connectivity index (χ4v) is 4.14. The van der Waals surface area contributed by atoms with Crippen LogP contribution in [0.5, 0.6) is 0 Å². The molecule has 1 aliphatic rings. The lowest BCUT2D eigenvalue weighted by Gasteiger charge is -2.26. The van der Waals surface area contributed by atoms with E-state index in [1.165, 1.54) is 44.2 Å². The third kappa shape index (κ3) is 5.20. The van der Waals surface area contributed by atoms with Gasteiger partial charge in [0, 0.05) is 7.05 Å². The predicted octanol–water partition coefficient (Wildman–Crippen LogP) is 4.80. The summed E-state index contributed by atoms with van der Waals surface area (Å²) < 4.78 is 26.3. The highest BCUT2D eigenvalue weighted by molar-refractivity contribution is 7.99. The molecule has 1 aliphatic carbocycles. The van der Waals surface area contributed by atoms with Gasteiger partial charge < -0.3 is 4.90 Å². The van der Waals surface area contributed by atoms with Crippen LogP contribution in [0.4, 0.5) is 8.78 Å². The van der Waals surface area contributed by atoms with Gasteiger partial charge in [0.15, 0.2) is 11.6 Å². The molecule has 23 heavy (non-hydrogen) atoms. The zero-order valence-electron chi connectivity index (χ0n) is 13.9. The lowest BCUT2D eigenvalue weighted by Crippen LogP contribution is -2.31. The van der Waals surface area contributed by atoms with Crippen molar-refractivity contribution in [2.75, 3.05) is 18.6 Å². The Labute approximate surface area is 141 Å². The van der Waals surface area contributed by atoms with Crippen LogP contribution in [-0.4, -0.2) is 29.4 Å². The zero-order chi connectivity index (χ0) is 16.8. The number of hydrogen-bond donors (Lipinski definition) is 0. The first kappa shape index (κ1) is 18.2. The van der Waals surface area contributed by atoms with E-state index in [-0.39, 0.29) is 11.9 Å². The topological polar surface area (TPSA) is 20.3 Å². The molecule has 2 rings (SSSR count). The smallest absolute Gasteiger partial charge is 0.232 e. The standard InChI is InChI=1S/C18H25F2NOS/c1-13(15-8-9-16(19)17(20)10-15)21(2)18(22)12-23-11-14-6-4-3-5-7-14/h8-10,13-14H,3-7,11-12H2,1-2H3/t13-/m0/s1. The minimum Gasteiger partial charge on any atom is -0.338 e. The van der Waals surface area contributed by atoms with Gasteiger partial charge in [0.2, 0.25) is 5.91 Å². The second-order valence-corrected chi connectivity index (χ2v) is 7.40. The van der Waals surface area contributed by atoms with Gasteiger partial charge in [-0.25, -0.2) is 8.78 Å². The van der Waals surface area contributed by atoms with Crippen molar-refractivity contribution in [2.45, 2.75) is 45.1 Å². The van der Waals surface area contributed by atoms with Crippen molar-refractivity contribution in [1.82, 2.24) is 4.90 Å². The Bertz CT molecular complexity index is 532. The van der Waals surface area contributed by atoms with E-state index in [0.717, 1.165) is 17.7 Å². The van der Waals surface area contributed by atoms with E-state index in [2.05, 4.69) is 0 Å². The molecule has 0 aliphatic heterocycles. The fourth-order valence-electron chi connectivity index (χ4n) is 2.98. The Hall–Kier alpha value is -1.10. The van der Waals surface area contributed by atoms with Gasteiger partial charge in [-0.05, 0) is 49.1 Å². The van der Waals surface area contributed by atoms with Crippen molar-refractivity contribution in [3.63, 3.8) is 0 Å². The molecule has 0 aromatic heterocycles. The van der Waals surface area contributed by atoms with Crippen LogP contribution in [0.3, 0.4) is 0 Å². The van der Waals surface area contributed by atoms with E-state index < -0.39 is 11.6 Å². The maximum atomic E-state index is 13.3. The van der Waals surface area contributed by atoms with Gasteiger partial charge >= 0.3 is 0 Å². The first-order valence-electron chi connectivity index (χ1n) is 8.27. The zero-order valence-corrected chi connectivity index (χ0v) is 14.7. The van der Waals surface area contributed by atoms with Crippen molar-refractivity contribution < 1.29 is 13.6 Å². The van der Waals surface area contributed by atoms with E-state index in [4.69, 9.17) is 0 Å². The van der Waals surface area contributed by atoms with Crippen LogP contribution in [0.1, 0.15) is 50.6 Å². The van der Waals surface area contributed by atoms with E-state index >= 15 is 0 Å². The summed E-state index contributed by atoms with van der Waals surface area (Å²) in [6, 6.07) is 3.53. The number of amides is 1. The van der Waals surface area contributed by atoms with Crippen molar-refractivity contribution in [2.24, 2.45) is 5.92 Å². The van der Waals surface area contributed by atoms with Gasteiger partial charge in [-0.3, -0.25) is 4.79 Å². The molecule has 1 aromatic carbocycles. The molecule has 2 nitrogen and oxygen atoms in total. The van der Waals surface area contributed by atoms with E-state index in [9.17, 15) is 13.6 Å². The molecule has 5 heteroatoms. The van der Waals surface area contributed by atoms with Crippen LogP contribution in [0.25, 0.3) is 0 Å². The maximum Gasteiger partial charge on any atom is 0.232 e. The number of nitrogens with zero attached hydrogens (tertiary/aromatic N) is 1. The molecule has 1 amide bonds. The summed E-state index contributed by atoms with van der Waals surface area (Å²) in [6.07, 6.45) is 6.53. The molecule has 128 valence electrons. The summed E-state index contributed by atoms with van der Waals surface area (Å²) in [7, 11) is 1.72. The molecule has 1 saturated carbocycles. The molecule has 1 atom stereocenters. The Kier molecular flexibility index (Phi) is 6.88. The number of rotatable bonds is 6. The quantitative estimate of drug-likeness (QED) is 0.741. The van der Waals surface area contributed by atoms with Gasteiger partial charge in [-0.15, -0.1) is 0 Å². The molecule has 0 N–H and O–H groups in total. The second kappa shape index (κ2) is 8.67. The number of benzene rings is 1. The molecule has 1 fully saturated rings. The first-order valence-corrected chi connectivity index (χ1v) is 9.43. The maximum absolute atomic E-state index is 13.3. The molecular formula is C18H25F2NOS. The minimum atomic E-state index is -0.873. The highest BCUT2D eigenvalue weighted by Crippen LogP contribution is 2.27. The molecule has 1 aromatic rings. The van der Waals surface area contributed by atoms with Gasteiger partial charge in [0.1, 0.15) is 0 Å². The van der Waals surface area contributed by atoms with Gasteiger partial charge in [0.05, 0.1) is 11.8 Å². The summed E-state index contributed by atoms with van der Waals surface area (Å²) in [6.45, 7) is 1.83. The minimum absolute atomic E-state index is 0.0306. The van der Waals surface area contributed by atoms with Crippen molar-refractivity contribution >= 4 is 17.7 Å².